The first kappa shape index (κ1) is 19.1. The van der Waals surface area contributed by atoms with Gasteiger partial charge in [-0.15, -0.1) is 10.2 Å². The molecule has 30 heavy (non-hydrogen) atoms. The van der Waals surface area contributed by atoms with E-state index in [2.05, 4.69) is 20.7 Å². The van der Waals surface area contributed by atoms with Gasteiger partial charge in [-0.25, -0.2) is 5.43 Å². The Morgan fingerprint density at radius 1 is 0.967 bits per heavy atom. The number of hydrogen-bond acceptors (Lipinski definition) is 6. The largest absolute Gasteiger partial charge is 0.507 e. The van der Waals surface area contributed by atoms with Gasteiger partial charge in [-0.1, -0.05) is 42.0 Å². The van der Waals surface area contributed by atoms with Crippen molar-refractivity contribution >= 4 is 12.1 Å². The molecule has 0 bridgehead atoms. The third-order valence-corrected chi connectivity index (χ3v) is 4.41. The zero-order valence-corrected chi connectivity index (χ0v) is 16.1. The van der Waals surface area contributed by atoms with Gasteiger partial charge < -0.3 is 9.52 Å². The van der Waals surface area contributed by atoms with Crippen molar-refractivity contribution in [1.82, 2.24) is 15.6 Å². The van der Waals surface area contributed by atoms with Crippen molar-refractivity contribution in [3.05, 3.63) is 89.5 Å². The first-order chi connectivity index (χ1) is 14.6. The average Bonchev–Trinajstić information content (AvgIpc) is 3.25. The Kier molecular flexibility index (Phi) is 5.34. The van der Waals surface area contributed by atoms with Crippen molar-refractivity contribution < 1.29 is 14.3 Å². The van der Waals surface area contributed by atoms with Crippen molar-refractivity contribution in [3.63, 3.8) is 0 Å². The number of phenolic OH excluding ortho intramolecular Hbond substituents is 1. The summed E-state index contributed by atoms with van der Waals surface area (Å²) in [4.78, 5) is 12.3. The third-order valence-electron chi connectivity index (χ3n) is 4.41. The molecule has 0 aliphatic rings. The topological polar surface area (TPSA) is 101 Å². The summed E-state index contributed by atoms with van der Waals surface area (Å²) in [6.07, 6.45) is 1.59. The maximum Gasteiger partial charge on any atom is 0.271 e. The van der Waals surface area contributed by atoms with Gasteiger partial charge in [0.25, 0.3) is 11.8 Å². The van der Waals surface area contributed by atoms with Crippen molar-refractivity contribution in [2.45, 2.75) is 6.92 Å². The number of para-hydroxylation sites is 1. The number of carbonyl (C=O) groups is 1. The zero-order valence-electron chi connectivity index (χ0n) is 16.1. The Hall–Kier alpha value is -4.26. The van der Waals surface area contributed by atoms with E-state index in [4.69, 9.17) is 4.42 Å². The fraction of sp³-hybridized carbons (Fsp3) is 0.0435. The van der Waals surface area contributed by atoms with Gasteiger partial charge in [0.05, 0.1) is 11.8 Å². The normalized spacial score (nSPS) is 11.0. The molecule has 0 fully saturated rings. The highest BCUT2D eigenvalue weighted by Crippen LogP contribution is 2.29. The van der Waals surface area contributed by atoms with Gasteiger partial charge in [-0.05, 0) is 48.9 Å². The molecule has 0 atom stereocenters. The molecular weight excluding hydrogens is 380 g/mol. The molecule has 0 saturated heterocycles. The molecule has 0 aliphatic carbocycles. The molecule has 0 spiro atoms. The molecule has 7 nitrogen and oxygen atoms in total. The monoisotopic (exact) mass is 398 g/mol. The number of aryl methyl sites for hydroxylation is 1. The molecule has 1 heterocycles. The van der Waals surface area contributed by atoms with E-state index in [1.807, 2.05) is 31.2 Å². The minimum absolute atomic E-state index is 0.0610. The maximum atomic E-state index is 12.3. The van der Waals surface area contributed by atoms with Gasteiger partial charge in [-0.3, -0.25) is 4.79 Å². The van der Waals surface area contributed by atoms with Crippen LogP contribution in [0.3, 0.4) is 0 Å². The Balaban J connectivity index is 1.43. The molecule has 1 amide bonds. The number of aromatic nitrogens is 2. The molecular formula is C23H18N4O3. The summed E-state index contributed by atoms with van der Waals surface area (Å²) in [5, 5.41) is 21.9. The zero-order chi connectivity index (χ0) is 20.9. The first-order valence-electron chi connectivity index (χ1n) is 9.22. The van der Waals surface area contributed by atoms with Crippen LogP contribution >= 0.6 is 0 Å². The second kappa shape index (κ2) is 8.40. The number of nitrogens with zero attached hydrogens (tertiary/aromatic N) is 3. The quantitative estimate of drug-likeness (QED) is 0.388. The van der Waals surface area contributed by atoms with E-state index in [9.17, 15) is 9.90 Å². The van der Waals surface area contributed by atoms with E-state index in [0.717, 1.165) is 11.1 Å². The molecule has 0 saturated carbocycles. The maximum absolute atomic E-state index is 12.3. The highest BCUT2D eigenvalue weighted by Gasteiger charge is 2.14. The molecule has 0 unspecified atom stereocenters. The SMILES string of the molecule is Cc1ccc(/C=N/NC(=O)c2ccc(-c3nnc(-c4ccccc4O)o3)cc2)cc1. The number of amides is 1. The minimum Gasteiger partial charge on any atom is -0.507 e. The van der Waals surface area contributed by atoms with Crippen LogP contribution in [0.2, 0.25) is 0 Å². The smallest absolute Gasteiger partial charge is 0.271 e. The van der Waals surface area contributed by atoms with Crippen molar-refractivity contribution in [1.29, 1.82) is 0 Å². The second-order valence-electron chi connectivity index (χ2n) is 6.62. The van der Waals surface area contributed by atoms with Crippen LogP contribution in [0.4, 0.5) is 0 Å². The van der Waals surface area contributed by atoms with Crippen molar-refractivity contribution in [2.24, 2.45) is 5.10 Å². The van der Waals surface area contributed by atoms with Gasteiger partial charge in [0, 0.05) is 11.1 Å². The molecule has 0 radical (unpaired) electrons. The number of phenols is 1. The predicted molar refractivity (Wildman–Crippen MR) is 113 cm³/mol. The third kappa shape index (κ3) is 4.25. The number of nitrogens with one attached hydrogen (secondary N) is 1. The molecule has 4 rings (SSSR count). The summed E-state index contributed by atoms with van der Waals surface area (Å²) in [5.41, 5.74) is 6.12. The van der Waals surface area contributed by atoms with Gasteiger partial charge in [-0.2, -0.15) is 5.10 Å². The fourth-order valence-electron chi connectivity index (χ4n) is 2.75. The number of benzene rings is 3. The van der Waals surface area contributed by atoms with Crippen LogP contribution < -0.4 is 5.43 Å². The van der Waals surface area contributed by atoms with Crippen LogP contribution in [0.5, 0.6) is 5.75 Å². The fourth-order valence-corrected chi connectivity index (χ4v) is 2.75. The summed E-state index contributed by atoms with van der Waals surface area (Å²) >= 11 is 0. The number of rotatable bonds is 5. The van der Waals surface area contributed by atoms with Gasteiger partial charge in [0.1, 0.15) is 5.75 Å². The Morgan fingerprint density at radius 2 is 1.67 bits per heavy atom. The van der Waals surface area contributed by atoms with E-state index in [-0.39, 0.29) is 23.4 Å². The lowest BCUT2D eigenvalue weighted by Gasteiger charge is -2.01. The van der Waals surface area contributed by atoms with Crippen LogP contribution in [-0.2, 0) is 0 Å². The number of hydrazone groups is 1. The highest BCUT2D eigenvalue weighted by molar-refractivity contribution is 5.95. The number of aromatic hydroxyl groups is 1. The average molecular weight is 398 g/mol. The van der Waals surface area contributed by atoms with Crippen molar-refractivity contribution in [2.75, 3.05) is 0 Å². The molecule has 1 aromatic heterocycles. The summed E-state index contributed by atoms with van der Waals surface area (Å²) < 4.78 is 5.65. The minimum atomic E-state index is -0.328. The summed E-state index contributed by atoms with van der Waals surface area (Å²) in [7, 11) is 0. The van der Waals surface area contributed by atoms with Crippen LogP contribution in [0.15, 0.2) is 82.3 Å². The van der Waals surface area contributed by atoms with Gasteiger partial charge in [0.15, 0.2) is 0 Å². The lowest BCUT2D eigenvalue weighted by molar-refractivity contribution is 0.0955. The standard InChI is InChI=1S/C23H18N4O3/c1-15-6-8-16(9-7-15)14-24-25-21(29)17-10-12-18(13-11-17)22-26-27-23(30-22)19-4-2-3-5-20(19)28/h2-14,28H,1H3,(H,25,29)/b24-14+. The summed E-state index contributed by atoms with van der Waals surface area (Å²) in [5.74, 6) is 0.240. The molecule has 0 aliphatic heterocycles. The molecule has 4 aromatic rings. The number of hydrogen-bond donors (Lipinski definition) is 2. The number of carbonyl (C=O) groups excluding carboxylic acids is 1. The van der Waals surface area contributed by atoms with Crippen molar-refractivity contribution in [3.8, 4) is 28.7 Å². The van der Waals surface area contributed by atoms with Crippen LogP contribution in [0.25, 0.3) is 22.9 Å². The molecule has 148 valence electrons. The Bertz CT molecular complexity index is 1200. The second-order valence-corrected chi connectivity index (χ2v) is 6.62. The van der Waals surface area contributed by atoms with E-state index < -0.39 is 0 Å². The summed E-state index contributed by atoms with van der Waals surface area (Å²) in [6, 6.07) is 21.2. The van der Waals surface area contributed by atoms with Crippen LogP contribution in [0, 0.1) is 6.92 Å². The van der Waals surface area contributed by atoms with E-state index in [1.54, 1.807) is 54.7 Å². The van der Waals surface area contributed by atoms with Crippen LogP contribution in [0.1, 0.15) is 21.5 Å². The van der Waals surface area contributed by atoms with E-state index in [1.165, 1.54) is 0 Å². The Morgan fingerprint density at radius 3 is 2.40 bits per heavy atom. The van der Waals surface area contributed by atoms with Gasteiger partial charge >= 0.3 is 0 Å². The lowest BCUT2D eigenvalue weighted by Crippen LogP contribution is -2.17. The predicted octanol–water partition coefficient (Wildman–Crippen LogP) is 4.18. The molecule has 2 N–H and O–H groups in total. The van der Waals surface area contributed by atoms with E-state index in [0.29, 0.717) is 16.7 Å². The van der Waals surface area contributed by atoms with E-state index >= 15 is 0 Å². The highest BCUT2D eigenvalue weighted by atomic mass is 16.4. The Labute approximate surface area is 172 Å². The summed E-state index contributed by atoms with van der Waals surface area (Å²) in [6.45, 7) is 2.01. The van der Waals surface area contributed by atoms with Gasteiger partial charge in [0.2, 0.25) is 5.89 Å². The lowest BCUT2D eigenvalue weighted by atomic mass is 10.1. The molecule has 3 aromatic carbocycles. The van der Waals surface area contributed by atoms with Crippen LogP contribution in [-0.4, -0.2) is 27.4 Å². The molecule has 7 heteroatoms. The first-order valence-corrected chi connectivity index (χ1v) is 9.22.